The van der Waals surface area contributed by atoms with Gasteiger partial charge in [-0.1, -0.05) is 36.9 Å². The van der Waals surface area contributed by atoms with Gasteiger partial charge in [0.15, 0.2) is 0 Å². The van der Waals surface area contributed by atoms with Crippen LogP contribution in [0.4, 0.5) is 0 Å². The fraction of sp³-hybridized carbons (Fsp3) is 0.321. The summed E-state index contributed by atoms with van der Waals surface area (Å²) in [6.07, 6.45) is 1.26. The third kappa shape index (κ3) is 4.34. The first kappa shape index (κ1) is 22.9. The second-order valence-corrected chi connectivity index (χ2v) is 9.38. The Kier molecular flexibility index (Phi) is 5.93. The number of nitrogens with zero attached hydrogens (tertiary/aromatic N) is 3. The average molecular weight is 471 g/mol. The van der Waals surface area contributed by atoms with Crippen molar-refractivity contribution < 1.29 is 14.3 Å². The summed E-state index contributed by atoms with van der Waals surface area (Å²) in [4.78, 5) is 31.7. The molecule has 1 aromatic heterocycles. The zero-order valence-corrected chi connectivity index (χ0v) is 20.4. The molecule has 1 N–H and O–H groups in total. The predicted octanol–water partition coefficient (Wildman–Crippen LogP) is 4.18. The van der Waals surface area contributed by atoms with Crippen molar-refractivity contribution in [2.75, 3.05) is 0 Å². The Bertz CT molecular complexity index is 1320. The number of nitrogens with one attached hydrogen (secondary N) is 1. The number of imidazole rings is 1. The molecular formula is C28H30N4O3. The van der Waals surface area contributed by atoms with E-state index >= 15 is 0 Å². The first-order valence-corrected chi connectivity index (χ1v) is 11.9. The molecule has 2 aliphatic rings. The van der Waals surface area contributed by atoms with Crippen LogP contribution in [0.2, 0.25) is 0 Å². The first-order valence-electron chi connectivity index (χ1n) is 11.9. The lowest BCUT2D eigenvalue weighted by atomic mass is 10.0. The van der Waals surface area contributed by atoms with Crippen molar-refractivity contribution in [3.63, 3.8) is 0 Å². The maximum absolute atomic E-state index is 13.0. The van der Waals surface area contributed by atoms with Crippen LogP contribution >= 0.6 is 0 Å². The first-order chi connectivity index (χ1) is 16.8. The molecular weight excluding hydrogens is 440 g/mol. The minimum absolute atomic E-state index is 0.122. The maximum Gasteiger partial charge on any atom is 0.255 e. The van der Waals surface area contributed by atoms with E-state index in [-0.39, 0.29) is 11.8 Å². The average Bonchev–Trinajstić information content (AvgIpc) is 3.29. The largest absolute Gasteiger partial charge is 0.489 e. The number of piperidine rings is 1. The van der Waals surface area contributed by atoms with Gasteiger partial charge in [0.1, 0.15) is 24.2 Å². The summed E-state index contributed by atoms with van der Waals surface area (Å²) in [5.41, 5.74) is 6.65. The van der Waals surface area contributed by atoms with E-state index in [0.717, 1.165) is 29.2 Å². The third-order valence-electron chi connectivity index (χ3n) is 7.06. The van der Waals surface area contributed by atoms with Crippen LogP contribution in [0.25, 0.3) is 0 Å². The molecule has 3 aromatic rings. The summed E-state index contributed by atoms with van der Waals surface area (Å²) in [5.74, 6) is 1.41. The van der Waals surface area contributed by atoms with Crippen LogP contribution in [0.1, 0.15) is 57.1 Å². The number of aryl methyl sites for hydroxylation is 2. The molecule has 5 rings (SSSR count). The van der Waals surface area contributed by atoms with Crippen LogP contribution in [0, 0.1) is 20.8 Å². The fourth-order valence-electron chi connectivity index (χ4n) is 4.91. The van der Waals surface area contributed by atoms with Gasteiger partial charge in [-0.15, -0.1) is 0 Å². The number of amides is 2. The number of allylic oxidation sites excluding steroid dienone is 1. The molecule has 1 atom stereocenters. The van der Waals surface area contributed by atoms with Gasteiger partial charge in [0.05, 0.1) is 12.2 Å². The third-order valence-corrected chi connectivity index (χ3v) is 7.06. The summed E-state index contributed by atoms with van der Waals surface area (Å²) in [7, 11) is 0. The fourth-order valence-corrected chi connectivity index (χ4v) is 4.91. The SMILES string of the molecule is C=C1CCC(N2Cc3c(OCc4ccc(Cn5c(C)nc(C)c5C)cc4)cccc3C2=O)C(=O)N1. The highest BCUT2D eigenvalue weighted by Crippen LogP contribution is 2.34. The maximum atomic E-state index is 13.0. The van der Waals surface area contributed by atoms with Crippen LogP contribution in [0.15, 0.2) is 54.7 Å². The molecule has 0 bridgehead atoms. The molecule has 0 spiro atoms. The summed E-state index contributed by atoms with van der Waals surface area (Å²) < 4.78 is 8.38. The summed E-state index contributed by atoms with van der Waals surface area (Å²) in [6, 6.07) is 13.4. The second kappa shape index (κ2) is 9.06. The van der Waals surface area contributed by atoms with Crippen molar-refractivity contribution in [1.82, 2.24) is 19.8 Å². The second-order valence-electron chi connectivity index (χ2n) is 9.38. The number of carbonyl (C=O) groups excluding carboxylic acids is 2. The van der Waals surface area contributed by atoms with Gasteiger partial charge >= 0.3 is 0 Å². The molecule has 1 fully saturated rings. The van der Waals surface area contributed by atoms with Crippen LogP contribution in [-0.4, -0.2) is 32.3 Å². The van der Waals surface area contributed by atoms with Gasteiger partial charge in [-0.2, -0.15) is 0 Å². The van der Waals surface area contributed by atoms with E-state index in [0.29, 0.717) is 43.0 Å². The number of hydrogen-bond acceptors (Lipinski definition) is 4. The quantitative estimate of drug-likeness (QED) is 0.586. The molecule has 7 heteroatoms. The number of rotatable bonds is 6. The number of ether oxygens (including phenoxy) is 1. The summed E-state index contributed by atoms with van der Waals surface area (Å²) in [6.45, 7) is 11.5. The van der Waals surface area contributed by atoms with Crippen molar-refractivity contribution in [3.05, 3.63) is 94.2 Å². The van der Waals surface area contributed by atoms with Gasteiger partial charge in [0, 0.05) is 29.1 Å². The molecule has 3 heterocycles. The van der Waals surface area contributed by atoms with Gasteiger partial charge < -0.3 is 19.5 Å². The molecule has 35 heavy (non-hydrogen) atoms. The van der Waals surface area contributed by atoms with Crippen LogP contribution < -0.4 is 10.1 Å². The molecule has 2 amide bonds. The standard InChI is InChI=1S/C28H30N4O3/c1-17-8-13-25(27(33)29-17)32-15-24-23(28(32)34)6-5-7-26(24)35-16-22-11-9-21(10-12-22)14-31-19(3)18(2)30-20(31)4/h5-7,9-12,25H,1,8,13-16H2,2-4H3,(H,29,33). The Hall–Kier alpha value is -3.87. The molecule has 7 nitrogen and oxygen atoms in total. The molecule has 180 valence electrons. The van der Waals surface area contributed by atoms with Gasteiger partial charge in [0.25, 0.3) is 5.91 Å². The lowest BCUT2D eigenvalue weighted by Gasteiger charge is -2.31. The van der Waals surface area contributed by atoms with E-state index in [4.69, 9.17) is 4.74 Å². The van der Waals surface area contributed by atoms with E-state index in [2.05, 4.69) is 52.6 Å². The minimum atomic E-state index is -0.479. The smallest absolute Gasteiger partial charge is 0.255 e. The highest BCUT2D eigenvalue weighted by Gasteiger charge is 2.39. The zero-order chi connectivity index (χ0) is 24.7. The number of benzene rings is 2. The summed E-state index contributed by atoms with van der Waals surface area (Å²) >= 11 is 0. The predicted molar refractivity (Wildman–Crippen MR) is 133 cm³/mol. The highest BCUT2D eigenvalue weighted by molar-refractivity contribution is 6.02. The normalized spacial score (nSPS) is 17.5. The van der Waals surface area contributed by atoms with Crippen LogP contribution in [0.5, 0.6) is 5.75 Å². The number of carbonyl (C=O) groups is 2. The van der Waals surface area contributed by atoms with Crippen molar-refractivity contribution in [1.29, 1.82) is 0 Å². The lowest BCUT2D eigenvalue weighted by molar-refractivity contribution is -0.126. The minimum Gasteiger partial charge on any atom is -0.489 e. The molecule has 1 saturated heterocycles. The molecule has 2 aliphatic heterocycles. The topological polar surface area (TPSA) is 76.5 Å². The monoisotopic (exact) mass is 470 g/mol. The molecule has 2 aromatic carbocycles. The number of aromatic nitrogens is 2. The van der Waals surface area contributed by atoms with E-state index in [1.807, 2.05) is 26.0 Å². The lowest BCUT2D eigenvalue weighted by Crippen LogP contribution is -2.49. The zero-order valence-electron chi connectivity index (χ0n) is 20.4. The van der Waals surface area contributed by atoms with Gasteiger partial charge in [-0.25, -0.2) is 4.98 Å². The van der Waals surface area contributed by atoms with Crippen molar-refractivity contribution in [3.8, 4) is 5.75 Å². The van der Waals surface area contributed by atoms with Crippen LogP contribution in [-0.2, 0) is 24.5 Å². The molecule has 1 unspecified atom stereocenters. The van der Waals surface area contributed by atoms with Crippen molar-refractivity contribution in [2.24, 2.45) is 0 Å². The summed E-state index contributed by atoms with van der Waals surface area (Å²) in [5, 5.41) is 2.78. The Morgan fingerprint density at radius 1 is 1.09 bits per heavy atom. The Morgan fingerprint density at radius 2 is 1.83 bits per heavy atom. The molecule has 0 aliphatic carbocycles. The molecule has 0 saturated carbocycles. The highest BCUT2D eigenvalue weighted by atomic mass is 16.5. The number of fused-ring (bicyclic) bond motifs is 1. The van der Waals surface area contributed by atoms with Gasteiger partial charge in [0.2, 0.25) is 5.91 Å². The van der Waals surface area contributed by atoms with E-state index in [9.17, 15) is 9.59 Å². The van der Waals surface area contributed by atoms with Gasteiger partial charge in [-0.05, 0) is 56.9 Å². The van der Waals surface area contributed by atoms with Gasteiger partial charge in [-0.3, -0.25) is 9.59 Å². The van der Waals surface area contributed by atoms with E-state index < -0.39 is 6.04 Å². The Balaban J connectivity index is 1.26. The Labute approximate surface area is 205 Å². The van der Waals surface area contributed by atoms with E-state index in [1.54, 1.807) is 11.0 Å². The van der Waals surface area contributed by atoms with Crippen LogP contribution in [0.3, 0.4) is 0 Å². The Morgan fingerprint density at radius 3 is 2.51 bits per heavy atom. The molecule has 0 radical (unpaired) electrons. The van der Waals surface area contributed by atoms with Crippen molar-refractivity contribution in [2.45, 2.75) is 59.4 Å². The van der Waals surface area contributed by atoms with Crippen molar-refractivity contribution >= 4 is 11.8 Å². The number of hydrogen-bond donors (Lipinski definition) is 1. The van der Waals surface area contributed by atoms with E-state index in [1.165, 1.54) is 11.3 Å².